The Morgan fingerprint density at radius 1 is 0.390 bits per heavy atom. The van der Waals surface area contributed by atoms with Gasteiger partial charge in [-0.25, -0.2) is 9.97 Å². The van der Waals surface area contributed by atoms with Gasteiger partial charge in [0.15, 0.2) is 5.82 Å². The molecule has 0 N–H and O–H groups in total. The number of thiophene rings is 1. The summed E-state index contributed by atoms with van der Waals surface area (Å²) in [5.41, 5.74) is 10.9. The van der Waals surface area contributed by atoms with Gasteiger partial charge in [-0.15, -0.1) is 11.3 Å². The highest BCUT2D eigenvalue weighted by molar-refractivity contribution is 7.26. The van der Waals surface area contributed by atoms with E-state index in [1.165, 1.54) is 74.6 Å². The summed E-state index contributed by atoms with van der Waals surface area (Å²) in [5, 5.41) is 10.9. The number of fused-ring (bicyclic) bond motifs is 12. The maximum atomic E-state index is 5.58. The van der Waals surface area contributed by atoms with Crippen molar-refractivity contribution in [2.24, 2.45) is 0 Å². The third-order valence-electron chi connectivity index (χ3n) is 12.1. The molecule has 0 saturated carbocycles. The lowest BCUT2D eigenvalue weighted by molar-refractivity contribution is 1.18. The van der Waals surface area contributed by atoms with Crippen molar-refractivity contribution >= 4 is 96.8 Å². The van der Waals surface area contributed by atoms with E-state index in [1.807, 2.05) is 11.3 Å². The van der Waals surface area contributed by atoms with E-state index < -0.39 is 0 Å². The third-order valence-corrected chi connectivity index (χ3v) is 13.3. The summed E-state index contributed by atoms with van der Waals surface area (Å²) in [6, 6.07) is 70.0. The summed E-state index contributed by atoms with van der Waals surface area (Å²) in [6.45, 7) is 0. The summed E-state index contributed by atoms with van der Waals surface area (Å²) in [7, 11) is 0. The molecule has 0 bridgehead atoms. The number of aromatic nitrogens is 4. The summed E-state index contributed by atoms with van der Waals surface area (Å²) >= 11 is 1.82. The average molecular weight is 769 g/mol. The van der Waals surface area contributed by atoms with Crippen LogP contribution in [0.25, 0.3) is 119 Å². The first kappa shape index (κ1) is 32.5. The molecule has 274 valence electrons. The van der Waals surface area contributed by atoms with Crippen LogP contribution in [-0.4, -0.2) is 19.1 Å². The van der Waals surface area contributed by atoms with Crippen molar-refractivity contribution in [2.75, 3.05) is 0 Å². The standard InChI is InChI=1S/C54H32N4S/c1-2-15-35(16-3-1)57-46-23-11-7-18-38(46)42-30-34(27-28-48(42)57)52-40-20-6-10-22-45(40)55-54(56-52)44-32-36(31-43-39-19-9-13-25-50(39)59-53(43)44)58-47-24-12-8-21-41(47)51-37-17-5-4-14-33(37)26-29-49(51)58/h1-32H. The van der Waals surface area contributed by atoms with Gasteiger partial charge >= 0.3 is 0 Å². The lowest BCUT2D eigenvalue weighted by Crippen LogP contribution is -1.98. The largest absolute Gasteiger partial charge is 0.309 e. The SMILES string of the molecule is c1ccc(-n2c3ccccc3c3cc(-c4nc(-c5cc(-n6c7ccccc7c7c8ccccc8ccc76)cc6c5sc5ccccc56)nc5ccccc45)ccc32)cc1. The van der Waals surface area contributed by atoms with Crippen molar-refractivity contribution in [3.05, 3.63) is 194 Å². The second-order valence-electron chi connectivity index (χ2n) is 15.3. The van der Waals surface area contributed by atoms with Crippen LogP contribution in [0.15, 0.2) is 194 Å². The molecule has 0 aliphatic rings. The minimum Gasteiger partial charge on any atom is -0.309 e. The van der Waals surface area contributed by atoms with Crippen molar-refractivity contribution in [3.8, 4) is 34.0 Å². The van der Waals surface area contributed by atoms with Crippen LogP contribution in [0.5, 0.6) is 0 Å². The molecule has 0 aliphatic heterocycles. The molecule has 13 aromatic rings. The monoisotopic (exact) mass is 768 g/mol. The van der Waals surface area contributed by atoms with E-state index in [0.717, 1.165) is 44.9 Å². The van der Waals surface area contributed by atoms with Gasteiger partial charge < -0.3 is 9.13 Å². The first-order valence-electron chi connectivity index (χ1n) is 20.0. The second-order valence-corrected chi connectivity index (χ2v) is 16.4. The molecule has 0 unspecified atom stereocenters. The number of benzene rings is 9. The van der Waals surface area contributed by atoms with E-state index in [-0.39, 0.29) is 0 Å². The number of para-hydroxylation sites is 4. The van der Waals surface area contributed by atoms with Crippen molar-refractivity contribution in [1.29, 1.82) is 0 Å². The number of hydrogen-bond acceptors (Lipinski definition) is 3. The molecular weight excluding hydrogens is 737 g/mol. The van der Waals surface area contributed by atoms with E-state index in [9.17, 15) is 0 Å². The molecule has 13 rings (SSSR count). The van der Waals surface area contributed by atoms with Gasteiger partial charge in [-0.2, -0.15) is 0 Å². The molecule has 0 spiro atoms. The van der Waals surface area contributed by atoms with Crippen LogP contribution in [0.2, 0.25) is 0 Å². The van der Waals surface area contributed by atoms with Crippen molar-refractivity contribution < 1.29 is 0 Å². The highest BCUT2D eigenvalue weighted by Crippen LogP contribution is 2.44. The topological polar surface area (TPSA) is 35.6 Å². The molecule has 0 aliphatic carbocycles. The van der Waals surface area contributed by atoms with E-state index >= 15 is 0 Å². The quantitative estimate of drug-likeness (QED) is 0.179. The van der Waals surface area contributed by atoms with E-state index in [1.54, 1.807) is 0 Å². The van der Waals surface area contributed by atoms with Gasteiger partial charge in [0.2, 0.25) is 0 Å². The van der Waals surface area contributed by atoms with Gasteiger partial charge in [0.05, 0.1) is 33.3 Å². The summed E-state index contributed by atoms with van der Waals surface area (Å²) < 4.78 is 7.23. The maximum Gasteiger partial charge on any atom is 0.161 e. The Morgan fingerprint density at radius 3 is 1.90 bits per heavy atom. The Kier molecular flexibility index (Phi) is 6.85. The molecule has 0 amide bonds. The van der Waals surface area contributed by atoms with Crippen LogP contribution >= 0.6 is 11.3 Å². The average Bonchev–Trinajstić information content (AvgIpc) is 3.96. The molecule has 0 atom stereocenters. The molecule has 0 fully saturated rings. The van der Waals surface area contributed by atoms with Crippen molar-refractivity contribution in [2.45, 2.75) is 0 Å². The molecule has 59 heavy (non-hydrogen) atoms. The fourth-order valence-electron chi connectivity index (χ4n) is 9.52. The number of rotatable bonds is 4. The molecular formula is C54H32N4S. The normalized spacial score (nSPS) is 12.1. The fraction of sp³-hybridized carbons (Fsp3) is 0. The van der Waals surface area contributed by atoms with Gasteiger partial charge in [-0.1, -0.05) is 127 Å². The number of nitrogens with zero attached hydrogens (tertiary/aromatic N) is 4. The fourth-order valence-corrected chi connectivity index (χ4v) is 10.7. The van der Waals surface area contributed by atoms with Gasteiger partial charge in [0.1, 0.15) is 0 Å². The van der Waals surface area contributed by atoms with Crippen LogP contribution < -0.4 is 0 Å². The van der Waals surface area contributed by atoms with Crippen LogP contribution in [0.4, 0.5) is 0 Å². The second kappa shape index (κ2) is 12.4. The summed E-state index contributed by atoms with van der Waals surface area (Å²) in [5.74, 6) is 0.718. The van der Waals surface area contributed by atoms with Gasteiger partial charge in [0, 0.05) is 69.6 Å². The first-order valence-corrected chi connectivity index (χ1v) is 20.8. The minimum atomic E-state index is 0.718. The zero-order valence-electron chi connectivity index (χ0n) is 31.7. The van der Waals surface area contributed by atoms with Crippen LogP contribution in [0, 0.1) is 0 Å². The van der Waals surface area contributed by atoms with E-state index in [2.05, 4.69) is 203 Å². The van der Waals surface area contributed by atoms with Crippen LogP contribution in [0.1, 0.15) is 0 Å². The Morgan fingerprint density at radius 2 is 1.03 bits per heavy atom. The minimum absolute atomic E-state index is 0.718. The van der Waals surface area contributed by atoms with Gasteiger partial charge in [-0.3, -0.25) is 0 Å². The smallest absolute Gasteiger partial charge is 0.161 e. The Hall–Kier alpha value is -7.60. The van der Waals surface area contributed by atoms with Crippen LogP contribution in [-0.2, 0) is 0 Å². The highest BCUT2D eigenvalue weighted by Gasteiger charge is 2.22. The third kappa shape index (κ3) is 4.77. The Balaban J connectivity index is 1.10. The van der Waals surface area contributed by atoms with Gasteiger partial charge in [-0.05, 0) is 77.5 Å². The molecule has 9 aromatic carbocycles. The van der Waals surface area contributed by atoms with Crippen molar-refractivity contribution in [1.82, 2.24) is 19.1 Å². The van der Waals surface area contributed by atoms with Gasteiger partial charge in [0.25, 0.3) is 0 Å². The summed E-state index contributed by atoms with van der Waals surface area (Å²) in [4.78, 5) is 11.0. The molecule has 4 heterocycles. The van der Waals surface area contributed by atoms with Crippen LogP contribution in [0.3, 0.4) is 0 Å². The lowest BCUT2D eigenvalue weighted by atomic mass is 10.0. The lowest BCUT2D eigenvalue weighted by Gasteiger charge is -2.14. The maximum absolute atomic E-state index is 5.58. The zero-order chi connectivity index (χ0) is 38.6. The summed E-state index contributed by atoms with van der Waals surface area (Å²) in [6.07, 6.45) is 0. The molecule has 5 heteroatoms. The van der Waals surface area contributed by atoms with E-state index in [4.69, 9.17) is 9.97 Å². The molecule has 4 aromatic heterocycles. The Labute approximate surface area is 342 Å². The predicted molar refractivity (Wildman–Crippen MR) is 249 cm³/mol. The van der Waals surface area contributed by atoms with Crippen molar-refractivity contribution in [3.63, 3.8) is 0 Å². The first-order chi connectivity index (χ1) is 29.3. The highest BCUT2D eigenvalue weighted by atomic mass is 32.1. The molecule has 4 nitrogen and oxygen atoms in total. The predicted octanol–water partition coefficient (Wildman–Crippen LogP) is 14.7. The molecule has 0 radical (unpaired) electrons. The Bertz CT molecular complexity index is 3850. The van der Waals surface area contributed by atoms with E-state index in [0.29, 0.717) is 0 Å². The molecule has 0 saturated heterocycles. The number of hydrogen-bond donors (Lipinski definition) is 0. The zero-order valence-corrected chi connectivity index (χ0v) is 32.5.